The fourth-order valence-corrected chi connectivity index (χ4v) is 3.81. The maximum absolute atomic E-state index is 10.8. The number of ether oxygens (including phenoxy) is 2. The molecular weight excluding hydrogens is 519 g/mol. The van der Waals surface area contributed by atoms with Crippen molar-refractivity contribution in [3.8, 4) is 11.5 Å². The second kappa shape index (κ2) is 10.5. The van der Waals surface area contributed by atoms with Gasteiger partial charge in [-0.05, 0) is 65.4 Å². The molecule has 0 aliphatic heterocycles. The lowest BCUT2D eigenvalue weighted by molar-refractivity contribution is -0.384. The fourth-order valence-electron chi connectivity index (χ4n) is 2.80. The van der Waals surface area contributed by atoms with Gasteiger partial charge in [0.25, 0.3) is 5.69 Å². The number of benzene rings is 3. The Morgan fingerprint density at radius 1 is 1.10 bits per heavy atom. The van der Waals surface area contributed by atoms with E-state index in [0.29, 0.717) is 36.3 Å². The van der Waals surface area contributed by atoms with E-state index in [4.69, 9.17) is 21.1 Å². The molecule has 6 nitrogen and oxygen atoms in total. The summed E-state index contributed by atoms with van der Waals surface area (Å²) in [5.74, 6) is 1.34. The van der Waals surface area contributed by atoms with Gasteiger partial charge in [-0.25, -0.2) is 0 Å². The van der Waals surface area contributed by atoms with Crippen molar-refractivity contribution in [1.29, 1.82) is 0 Å². The highest BCUT2D eigenvalue weighted by Crippen LogP contribution is 2.35. The lowest BCUT2D eigenvalue weighted by atomic mass is 10.2. The van der Waals surface area contributed by atoms with Gasteiger partial charge in [0.05, 0.1) is 15.1 Å². The van der Waals surface area contributed by atoms with Crippen LogP contribution in [0.15, 0.2) is 60.7 Å². The monoisotopic (exact) mass is 538 g/mol. The van der Waals surface area contributed by atoms with Crippen LogP contribution in [-0.2, 0) is 13.2 Å². The standard InChI is InChI=1S/C22H20ClIN2O4/c1-2-29-21-12-15(13-25-17-7-9-18(10-8-17)26(27)28)11-20(24)22(21)30-14-16-5-3-4-6-19(16)23/h3-12,25H,2,13-14H2,1H3. The van der Waals surface area contributed by atoms with E-state index >= 15 is 0 Å². The van der Waals surface area contributed by atoms with Crippen LogP contribution in [0.5, 0.6) is 11.5 Å². The van der Waals surface area contributed by atoms with Gasteiger partial charge in [0.15, 0.2) is 11.5 Å². The molecule has 3 aromatic rings. The number of nitrogens with zero attached hydrogens (tertiary/aromatic N) is 1. The Balaban J connectivity index is 1.73. The third kappa shape index (κ3) is 5.76. The number of anilines is 1. The molecule has 0 aliphatic carbocycles. The molecule has 0 atom stereocenters. The van der Waals surface area contributed by atoms with Crippen molar-refractivity contribution in [1.82, 2.24) is 0 Å². The minimum Gasteiger partial charge on any atom is -0.490 e. The zero-order valence-electron chi connectivity index (χ0n) is 16.2. The van der Waals surface area contributed by atoms with Gasteiger partial charge in [0, 0.05) is 35.0 Å². The van der Waals surface area contributed by atoms with E-state index in [-0.39, 0.29) is 5.69 Å². The van der Waals surface area contributed by atoms with Gasteiger partial charge in [-0.1, -0.05) is 29.8 Å². The summed E-state index contributed by atoms with van der Waals surface area (Å²) in [6.45, 7) is 3.32. The second-order valence-corrected chi connectivity index (χ2v) is 7.94. The molecule has 0 unspecified atom stereocenters. The molecule has 0 aliphatic rings. The van der Waals surface area contributed by atoms with Crippen LogP contribution in [0.25, 0.3) is 0 Å². The van der Waals surface area contributed by atoms with E-state index in [0.717, 1.165) is 20.4 Å². The number of hydrogen-bond donors (Lipinski definition) is 1. The molecule has 30 heavy (non-hydrogen) atoms. The molecule has 8 heteroatoms. The van der Waals surface area contributed by atoms with Crippen LogP contribution >= 0.6 is 34.2 Å². The number of non-ortho nitro benzene ring substituents is 1. The first-order valence-corrected chi connectivity index (χ1v) is 10.7. The Labute approximate surface area is 193 Å². The van der Waals surface area contributed by atoms with Gasteiger partial charge in [-0.3, -0.25) is 10.1 Å². The molecule has 3 aromatic carbocycles. The maximum Gasteiger partial charge on any atom is 0.269 e. The lowest BCUT2D eigenvalue weighted by Crippen LogP contribution is -2.05. The van der Waals surface area contributed by atoms with E-state index in [9.17, 15) is 10.1 Å². The van der Waals surface area contributed by atoms with E-state index < -0.39 is 4.92 Å². The Bertz CT molecular complexity index is 1030. The van der Waals surface area contributed by atoms with Crippen molar-refractivity contribution in [3.63, 3.8) is 0 Å². The third-order valence-corrected chi connectivity index (χ3v) is 5.44. The quantitative estimate of drug-likeness (QED) is 0.193. The molecule has 0 fully saturated rings. The summed E-state index contributed by atoms with van der Waals surface area (Å²) in [7, 11) is 0. The highest BCUT2D eigenvalue weighted by molar-refractivity contribution is 14.1. The van der Waals surface area contributed by atoms with Crippen LogP contribution in [0, 0.1) is 13.7 Å². The summed E-state index contributed by atoms with van der Waals surface area (Å²) in [5.41, 5.74) is 2.77. The van der Waals surface area contributed by atoms with E-state index in [1.54, 1.807) is 12.1 Å². The number of halogens is 2. The molecule has 0 radical (unpaired) electrons. The van der Waals surface area contributed by atoms with Gasteiger partial charge in [0.2, 0.25) is 0 Å². The smallest absolute Gasteiger partial charge is 0.269 e. The number of nitro benzene ring substituents is 1. The fraction of sp³-hybridized carbons (Fsp3) is 0.182. The van der Waals surface area contributed by atoms with Crippen molar-refractivity contribution in [2.75, 3.05) is 11.9 Å². The molecule has 0 aromatic heterocycles. The normalized spacial score (nSPS) is 10.5. The van der Waals surface area contributed by atoms with E-state index in [2.05, 4.69) is 27.9 Å². The summed E-state index contributed by atoms with van der Waals surface area (Å²) in [6.07, 6.45) is 0. The topological polar surface area (TPSA) is 73.6 Å². The van der Waals surface area contributed by atoms with Crippen molar-refractivity contribution in [2.24, 2.45) is 0 Å². The van der Waals surface area contributed by atoms with E-state index in [1.165, 1.54) is 12.1 Å². The van der Waals surface area contributed by atoms with Crippen LogP contribution in [-0.4, -0.2) is 11.5 Å². The van der Waals surface area contributed by atoms with Crippen molar-refractivity contribution < 1.29 is 14.4 Å². The Hall–Kier alpha value is -2.52. The van der Waals surface area contributed by atoms with E-state index in [1.807, 2.05) is 43.3 Å². The molecule has 0 amide bonds. The third-order valence-electron chi connectivity index (χ3n) is 4.27. The van der Waals surface area contributed by atoms with Crippen molar-refractivity contribution >= 4 is 45.6 Å². The minimum atomic E-state index is -0.415. The second-order valence-electron chi connectivity index (χ2n) is 6.38. The zero-order chi connectivity index (χ0) is 21.5. The number of nitrogens with one attached hydrogen (secondary N) is 1. The molecule has 0 heterocycles. The van der Waals surface area contributed by atoms with Crippen LogP contribution < -0.4 is 14.8 Å². The first-order chi connectivity index (χ1) is 14.5. The Morgan fingerprint density at radius 3 is 2.50 bits per heavy atom. The number of rotatable bonds is 9. The van der Waals surface area contributed by atoms with Crippen LogP contribution in [0.2, 0.25) is 5.02 Å². The van der Waals surface area contributed by atoms with Crippen molar-refractivity contribution in [2.45, 2.75) is 20.1 Å². The predicted molar refractivity (Wildman–Crippen MR) is 127 cm³/mol. The highest BCUT2D eigenvalue weighted by Gasteiger charge is 2.13. The maximum atomic E-state index is 10.8. The summed E-state index contributed by atoms with van der Waals surface area (Å²) in [6, 6.07) is 17.9. The summed E-state index contributed by atoms with van der Waals surface area (Å²) in [4.78, 5) is 10.4. The van der Waals surface area contributed by atoms with Gasteiger partial charge < -0.3 is 14.8 Å². The highest BCUT2D eigenvalue weighted by atomic mass is 127. The average Bonchev–Trinajstić information content (AvgIpc) is 2.73. The van der Waals surface area contributed by atoms with Gasteiger partial charge in [0.1, 0.15) is 6.61 Å². The van der Waals surface area contributed by atoms with Gasteiger partial charge >= 0.3 is 0 Å². The largest absolute Gasteiger partial charge is 0.490 e. The van der Waals surface area contributed by atoms with Crippen molar-refractivity contribution in [3.05, 3.63) is 90.5 Å². The number of hydrogen-bond acceptors (Lipinski definition) is 5. The number of nitro groups is 1. The molecular formula is C22H20ClIN2O4. The minimum absolute atomic E-state index is 0.0637. The molecule has 1 N–H and O–H groups in total. The Kier molecular flexibility index (Phi) is 7.75. The van der Waals surface area contributed by atoms with Crippen LogP contribution in [0.4, 0.5) is 11.4 Å². The molecule has 0 saturated heterocycles. The Morgan fingerprint density at radius 2 is 1.83 bits per heavy atom. The zero-order valence-corrected chi connectivity index (χ0v) is 19.1. The molecule has 0 spiro atoms. The molecule has 0 bridgehead atoms. The summed E-state index contributed by atoms with van der Waals surface area (Å²) in [5, 5.41) is 14.7. The molecule has 156 valence electrons. The summed E-state index contributed by atoms with van der Waals surface area (Å²) < 4.78 is 12.8. The van der Waals surface area contributed by atoms with Gasteiger partial charge in [-0.15, -0.1) is 0 Å². The predicted octanol–water partition coefficient (Wildman–Crippen LogP) is 6.44. The van der Waals surface area contributed by atoms with Crippen LogP contribution in [0.1, 0.15) is 18.1 Å². The first-order valence-electron chi connectivity index (χ1n) is 9.27. The molecule has 0 saturated carbocycles. The molecule has 3 rings (SSSR count). The first kappa shape index (κ1) is 22.2. The SMILES string of the molecule is CCOc1cc(CNc2ccc([N+](=O)[O-])cc2)cc(I)c1OCc1ccccc1Cl. The van der Waals surface area contributed by atoms with Gasteiger partial charge in [-0.2, -0.15) is 0 Å². The summed E-state index contributed by atoms with van der Waals surface area (Å²) >= 11 is 8.45. The average molecular weight is 539 g/mol. The van der Waals surface area contributed by atoms with Crippen LogP contribution in [0.3, 0.4) is 0 Å². The lowest BCUT2D eigenvalue weighted by Gasteiger charge is -2.16.